The Labute approximate surface area is 189 Å². The van der Waals surface area contributed by atoms with E-state index in [9.17, 15) is 18.3 Å². The molecule has 5 nitrogen and oxygen atoms in total. The van der Waals surface area contributed by atoms with E-state index in [1.165, 1.54) is 23.1 Å². The molecule has 0 amide bonds. The van der Waals surface area contributed by atoms with Gasteiger partial charge in [-0.2, -0.15) is 13.2 Å². The fourth-order valence-electron chi connectivity index (χ4n) is 3.47. The van der Waals surface area contributed by atoms with Crippen LogP contribution in [-0.2, 0) is 25.4 Å². The van der Waals surface area contributed by atoms with Crippen molar-refractivity contribution in [1.82, 2.24) is 9.78 Å². The Kier molecular flexibility index (Phi) is 7.26. The van der Waals surface area contributed by atoms with Crippen LogP contribution in [0.2, 0.25) is 5.02 Å². The van der Waals surface area contributed by atoms with Crippen LogP contribution < -0.4 is 9.30 Å². The predicted octanol–water partition coefficient (Wildman–Crippen LogP) is 5.42. The van der Waals surface area contributed by atoms with Gasteiger partial charge in [-0.05, 0) is 61.2 Å². The largest absolute Gasteiger partial charge is 0.457 e. The third kappa shape index (κ3) is 5.89. The second kappa shape index (κ2) is 9.75. The summed E-state index contributed by atoms with van der Waals surface area (Å²) in [6, 6.07) is 9.88. The van der Waals surface area contributed by atoms with Crippen molar-refractivity contribution in [2.75, 3.05) is 0 Å². The highest BCUT2D eigenvalue weighted by Gasteiger charge is 2.42. The second-order valence-electron chi connectivity index (χ2n) is 7.58. The molecule has 1 heterocycles. The molecule has 170 valence electrons. The van der Waals surface area contributed by atoms with Gasteiger partial charge in [0.15, 0.2) is 0 Å². The van der Waals surface area contributed by atoms with E-state index in [1.807, 2.05) is 0 Å². The average molecular weight is 467 g/mol. The molecule has 1 N–H and O–H groups in total. The summed E-state index contributed by atoms with van der Waals surface area (Å²) in [7, 11) is 1.74. The van der Waals surface area contributed by atoms with Crippen LogP contribution in [0.1, 0.15) is 30.4 Å². The highest BCUT2D eigenvalue weighted by atomic mass is 35.5. The van der Waals surface area contributed by atoms with Gasteiger partial charge in [0.2, 0.25) is 6.33 Å². The molecule has 0 bridgehead atoms. The summed E-state index contributed by atoms with van der Waals surface area (Å²) in [5, 5.41) is 16.1. The van der Waals surface area contributed by atoms with Gasteiger partial charge in [-0.3, -0.25) is 0 Å². The maximum Gasteiger partial charge on any atom is 0.416 e. The van der Waals surface area contributed by atoms with Gasteiger partial charge in [-0.25, -0.2) is 4.57 Å². The number of ether oxygens (including phenoxy) is 1. The highest BCUT2D eigenvalue weighted by Crippen LogP contribution is 2.42. The van der Waals surface area contributed by atoms with Gasteiger partial charge in [-0.15, -0.1) is 11.3 Å². The molecule has 1 unspecified atom stereocenters. The Morgan fingerprint density at radius 3 is 2.44 bits per heavy atom. The second-order valence-corrected chi connectivity index (χ2v) is 8.02. The highest BCUT2D eigenvalue weighted by molar-refractivity contribution is 6.30. The third-order valence-corrected chi connectivity index (χ3v) is 5.22. The van der Waals surface area contributed by atoms with E-state index in [2.05, 4.69) is 11.7 Å². The maximum absolute atomic E-state index is 14.1. The fourth-order valence-corrected chi connectivity index (χ4v) is 3.60. The number of aliphatic hydroxyl groups is 1. The lowest BCUT2D eigenvalue weighted by atomic mass is 9.85. The number of benzene rings is 2. The molecule has 3 rings (SSSR count). The fraction of sp³-hybridized carbons (Fsp3) is 0.304. The number of hydrogen-bond acceptors (Lipinski definition) is 3. The van der Waals surface area contributed by atoms with Gasteiger partial charge in [0, 0.05) is 10.1 Å². The molecule has 32 heavy (non-hydrogen) atoms. The lowest BCUT2D eigenvalue weighted by Gasteiger charge is -2.29. The summed E-state index contributed by atoms with van der Waals surface area (Å²) >= 11 is 5.84. The molecule has 0 saturated heterocycles. The summed E-state index contributed by atoms with van der Waals surface area (Å²) in [5.74, 6) is 0.350. The number of rotatable bonds is 9. The molecule has 0 aliphatic rings. The smallest absolute Gasteiger partial charge is 0.416 e. The SMILES string of the molecule is C=CCCCC(O)(Cn1c[n+](C)cn1)c1ccc(Oc2ccc(Cl)cc2)cc1C(F)(F)F. The number of hydrogen-bond donors (Lipinski definition) is 1. The number of aromatic nitrogens is 3. The number of alkyl halides is 3. The first-order valence-corrected chi connectivity index (χ1v) is 10.3. The standard InChI is InChI=1S/C23H24ClF3N3O2/c1-3-4-5-12-22(31,14-30-16-29(2)15-28-30)20-11-10-19(13-21(20)23(25,26)27)32-18-8-6-17(24)7-9-18/h3,6-11,13,15-16,31H,1,4-5,12,14H2,2H3/q+1. The molecular formula is C23H24ClF3N3O2+. The first-order chi connectivity index (χ1) is 15.1. The summed E-state index contributed by atoms with van der Waals surface area (Å²) in [5.41, 5.74) is -2.98. The van der Waals surface area contributed by atoms with E-state index in [0.717, 1.165) is 6.07 Å². The number of unbranched alkanes of at least 4 members (excludes halogenated alkanes) is 1. The molecule has 2 aromatic carbocycles. The first kappa shape index (κ1) is 23.8. The Bertz CT molecular complexity index is 1070. The molecule has 1 aromatic heterocycles. The van der Waals surface area contributed by atoms with E-state index in [1.54, 1.807) is 48.3 Å². The minimum Gasteiger partial charge on any atom is -0.457 e. The molecule has 0 aliphatic heterocycles. The Hall–Kier alpha value is -2.84. The zero-order chi connectivity index (χ0) is 23.4. The summed E-state index contributed by atoms with van der Waals surface area (Å²) in [6.45, 7) is 3.51. The lowest BCUT2D eigenvalue weighted by molar-refractivity contribution is -0.672. The molecule has 0 aliphatic carbocycles. The number of halogens is 4. The van der Waals surface area contributed by atoms with Crippen LogP contribution in [0.3, 0.4) is 0 Å². The Morgan fingerprint density at radius 1 is 1.16 bits per heavy atom. The van der Waals surface area contributed by atoms with Gasteiger partial charge < -0.3 is 9.84 Å². The van der Waals surface area contributed by atoms with Crippen molar-refractivity contribution in [2.45, 2.75) is 37.6 Å². The topological polar surface area (TPSA) is 51.2 Å². The van der Waals surface area contributed by atoms with E-state index in [-0.39, 0.29) is 24.3 Å². The minimum atomic E-state index is -4.70. The quantitative estimate of drug-likeness (QED) is 0.260. The average Bonchev–Trinajstić information content (AvgIpc) is 3.13. The van der Waals surface area contributed by atoms with E-state index in [4.69, 9.17) is 16.3 Å². The molecular weight excluding hydrogens is 443 g/mol. The van der Waals surface area contributed by atoms with Crippen molar-refractivity contribution in [1.29, 1.82) is 0 Å². The summed E-state index contributed by atoms with van der Waals surface area (Å²) in [4.78, 5) is 0. The normalized spacial score (nSPS) is 13.6. The van der Waals surface area contributed by atoms with Crippen molar-refractivity contribution in [3.05, 3.63) is 83.9 Å². The van der Waals surface area contributed by atoms with Gasteiger partial charge >= 0.3 is 6.18 Å². The molecule has 1 atom stereocenters. The maximum atomic E-state index is 14.1. The zero-order valence-electron chi connectivity index (χ0n) is 17.5. The van der Waals surface area contributed by atoms with Crippen molar-refractivity contribution in [2.24, 2.45) is 7.05 Å². The zero-order valence-corrected chi connectivity index (χ0v) is 18.3. The minimum absolute atomic E-state index is 0.00216. The molecule has 0 spiro atoms. The third-order valence-electron chi connectivity index (χ3n) is 4.97. The molecule has 0 fully saturated rings. The Morgan fingerprint density at radius 2 is 1.84 bits per heavy atom. The number of allylic oxidation sites excluding steroid dienone is 1. The monoisotopic (exact) mass is 466 g/mol. The van der Waals surface area contributed by atoms with Crippen LogP contribution in [0.5, 0.6) is 11.5 Å². The Balaban J connectivity index is 2.01. The predicted molar refractivity (Wildman–Crippen MR) is 114 cm³/mol. The van der Waals surface area contributed by atoms with Gasteiger partial charge in [0.25, 0.3) is 6.33 Å². The molecule has 0 radical (unpaired) electrons. The van der Waals surface area contributed by atoms with Gasteiger partial charge in [0.05, 0.1) is 12.6 Å². The van der Waals surface area contributed by atoms with Crippen molar-refractivity contribution in [3.63, 3.8) is 0 Å². The van der Waals surface area contributed by atoms with Crippen molar-refractivity contribution in [3.8, 4) is 11.5 Å². The van der Waals surface area contributed by atoms with Gasteiger partial charge in [-0.1, -0.05) is 23.7 Å². The number of nitrogens with zero attached hydrogens (tertiary/aromatic N) is 3. The first-order valence-electron chi connectivity index (χ1n) is 9.97. The van der Waals surface area contributed by atoms with E-state index < -0.39 is 17.3 Å². The van der Waals surface area contributed by atoms with Crippen LogP contribution in [0.25, 0.3) is 0 Å². The van der Waals surface area contributed by atoms with Crippen molar-refractivity contribution < 1.29 is 27.6 Å². The molecule has 0 saturated carbocycles. The summed E-state index contributed by atoms with van der Waals surface area (Å²) in [6.07, 6.45) is 1.21. The summed E-state index contributed by atoms with van der Waals surface area (Å²) < 4.78 is 50.8. The van der Waals surface area contributed by atoms with Crippen LogP contribution in [0, 0.1) is 0 Å². The van der Waals surface area contributed by atoms with Crippen LogP contribution in [-0.4, -0.2) is 14.9 Å². The van der Waals surface area contributed by atoms with E-state index >= 15 is 0 Å². The number of aryl methyl sites for hydroxylation is 1. The molecule has 3 aromatic rings. The van der Waals surface area contributed by atoms with Crippen molar-refractivity contribution >= 4 is 11.6 Å². The van der Waals surface area contributed by atoms with Gasteiger partial charge in [0.1, 0.15) is 23.6 Å². The molecule has 9 heteroatoms. The van der Waals surface area contributed by atoms with Crippen LogP contribution >= 0.6 is 11.6 Å². The van der Waals surface area contributed by atoms with Crippen LogP contribution in [0.4, 0.5) is 13.2 Å². The lowest BCUT2D eigenvalue weighted by Crippen LogP contribution is -2.35. The van der Waals surface area contributed by atoms with E-state index in [0.29, 0.717) is 23.6 Å². The van der Waals surface area contributed by atoms with Crippen LogP contribution in [0.15, 0.2) is 67.8 Å².